The molecule has 2 unspecified atom stereocenters. The van der Waals surface area contributed by atoms with Gasteiger partial charge in [-0.1, -0.05) is 18.5 Å². The molecule has 0 fully saturated rings. The molecule has 1 aromatic rings. The summed E-state index contributed by atoms with van der Waals surface area (Å²) in [6.07, 6.45) is 1.29. The third-order valence-electron chi connectivity index (χ3n) is 2.52. The molecule has 90 valence electrons. The van der Waals surface area contributed by atoms with Crippen molar-refractivity contribution in [3.63, 3.8) is 0 Å². The molecule has 0 heterocycles. The summed E-state index contributed by atoms with van der Waals surface area (Å²) in [5.41, 5.74) is 0. The van der Waals surface area contributed by atoms with Crippen molar-refractivity contribution in [2.45, 2.75) is 39.3 Å². The van der Waals surface area contributed by atoms with Crippen molar-refractivity contribution >= 4 is 11.6 Å². The first-order valence-corrected chi connectivity index (χ1v) is 6.15. The maximum atomic E-state index is 5.80. The zero-order valence-electron chi connectivity index (χ0n) is 10.2. The number of ether oxygens (including phenoxy) is 1. The Balaban J connectivity index is 2.33. The average molecular weight is 242 g/mol. The number of benzene rings is 1. The van der Waals surface area contributed by atoms with E-state index < -0.39 is 0 Å². The molecular formula is C13H20ClNO. The molecule has 0 aliphatic heterocycles. The Bertz CT molecular complexity index is 299. The van der Waals surface area contributed by atoms with Gasteiger partial charge in [-0.2, -0.15) is 0 Å². The summed E-state index contributed by atoms with van der Waals surface area (Å²) in [6.45, 7) is 7.26. The molecule has 0 radical (unpaired) electrons. The fourth-order valence-corrected chi connectivity index (χ4v) is 1.42. The van der Waals surface area contributed by atoms with Gasteiger partial charge in [-0.25, -0.2) is 0 Å². The first-order chi connectivity index (χ1) is 7.61. The molecule has 0 amide bonds. The lowest BCUT2D eigenvalue weighted by Crippen LogP contribution is -2.34. The molecule has 2 nitrogen and oxygen atoms in total. The predicted molar refractivity (Wildman–Crippen MR) is 69.3 cm³/mol. The van der Waals surface area contributed by atoms with E-state index in [4.69, 9.17) is 16.3 Å². The highest BCUT2D eigenvalue weighted by molar-refractivity contribution is 6.30. The maximum absolute atomic E-state index is 5.80. The van der Waals surface area contributed by atoms with Crippen LogP contribution in [0.2, 0.25) is 5.02 Å². The minimum Gasteiger partial charge on any atom is -0.489 e. The van der Waals surface area contributed by atoms with E-state index in [2.05, 4.69) is 26.1 Å². The summed E-state index contributed by atoms with van der Waals surface area (Å²) >= 11 is 5.80. The standard InChI is InChI=1S/C13H20ClNO/c1-4-10(2)15-9-11(3)16-13-7-5-12(14)6-8-13/h5-8,10-11,15H,4,9H2,1-3H3. The van der Waals surface area contributed by atoms with Crippen molar-refractivity contribution in [1.82, 2.24) is 5.32 Å². The van der Waals surface area contributed by atoms with E-state index in [-0.39, 0.29) is 6.10 Å². The van der Waals surface area contributed by atoms with Crippen LogP contribution in [0.1, 0.15) is 27.2 Å². The second kappa shape index (κ2) is 6.77. The van der Waals surface area contributed by atoms with E-state index in [0.717, 1.165) is 23.7 Å². The molecule has 1 aromatic carbocycles. The molecule has 0 saturated heterocycles. The number of hydrogen-bond acceptors (Lipinski definition) is 2. The Morgan fingerprint density at radius 2 is 1.88 bits per heavy atom. The highest BCUT2D eigenvalue weighted by Gasteiger charge is 2.05. The van der Waals surface area contributed by atoms with Crippen molar-refractivity contribution in [2.75, 3.05) is 6.54 Å². The zero-order valence-corrected chi connectivity index (χ0v) is 10.9. The van der Waals surface area contributed by atoms with Gasteiger partial charge >= 0.3 is 0 Å². The fourth-order valence-electron chi connectivity index (χ4n) is 1.30. The lowest BCUT2D eigenvalue weighted by atomic mass is 10.2. The summed E-state index contributed by atoms with van der Waals surface area (Å²) in [6, 6.07) is 8.00. The van der Waals surface area contributed by atoms with Crippen LogP contribution in [0.25, 0.3) is 0 Å². The number of halogens is 1. The Morgan fingerprint density at radius 1 is 1.25 bits per heavy atom. The Hall–Kier alpha value is -0.730. The van der Waals surface area contributed by atoms with E-state index in [9.17, 15) is 0 Å². The second-order valence-corrected chi connectivity index (χ2v) is 4.54. The van der Waals surface area contributed by atoms with Crippen LogP contribution in [0.15, 0.2) is 24.3 Å². The Labute approximate surface area is 103 Å². The minimum atomic E-state index is 0.162. The van der Waals surface area contributed by atoms with Gasteiger partial charge in [0.25, 0.3) is 0 Å². The largest absolute Gasteiger partial charge is 0.489 e. The first kappa shape index (κ1) is 13.3. The van der Waals surface area contributed by atoms with E-state index in [0.29, 0.717) is 6.04 Å². The summed E-state index contributed by atoms with van der Waals surface area (Å²) in [4.78, 5) is 0. The summed E-state index contributed by atoms with van der Waals surface area (Å²) < 4.78 is 5.74. The van der Waals surface area contributed by atoms with Gasteiger partial charge in [0.15, 0.2) is 0 Å². The molecule has 0 aromatic heterocycles. The third-order valence-corrected chi connectivity index (χ3v) is 2.77. The van der Waals surface area contributed by atoms with Gasteiger partial charge < -0.3 is 10.1 Å². The van der Waals surface area contributed by atoms with Crippen molar-refractivity contribution in [2.24, 2.45) is 0 Å². The van der Waals surface area contributed by atoms with Crippen LogP contribution in [0.3, 0.4) is 0 Å². The van der Waals surface area contributed by atoms with E-state index >= 15 is 0 Å². The lowest BCUT2D eigenvalue weighted by Gasteiger charge is -2.18. The van der Waals surface area contributed by atoms with Gasteiger partial charge in [0.05, 0.1) is 0 Å². The van der Waals surface area contributed by atoms with Crippen molar-refractivity contribution in [3.8, 4) is 5.75 Å². The normalized spacial score (nSPS) is 14.5. The molecule has 0 bridgehead atoms. The minimum absolute atomic E-state index is 0.162. The molecule has 0 saturated carbocycles. The monoisotopic (exact) mass is 241 g/mol. The Kier molecular flexibility index (Phi) is 5.64. The van der Waals surface area contributed by atoms with E-state index in [1.807, 2.05) is 24.3 Å². The molecule has 0 aliphatic carbocycles. The van der Waals surface area contributed by atoms with Gasteiger partial charge in [-0.15, -0.1) is 0 Å². The van der Waals surface area contributed by atoms with Crippen LogP contribution in [0, 0.1) is 0 Å². The van der Waals surface area contributed by atoms with Crippen molar-refractivity contribution < 1.29 is 4.74 Å². The topological polar surface area (TPSA) is 21.3 Å². The van der Waals surface area contributed by atoms with Gasteiger partial charge in [0.2, 0.25) is 0 Å². The number of nitrogens with one attached hydrogen (secondary N) is 1. The molecule has 16 heavy (non-hydrogen) atoms. The van der Waals surface area contributed by atoms with Crippen molar-refractivity contribution in [3.05, 3.63) is 29.3 Å². The summed E-state index contributed by atoms with van der Waals surface area (Å²) in [5, 5.41) is 4.15. The van der Waals surface area contributed by atoms with E-state index in [1.165, 1.54) is 0 Å². The number of rotatable bonds is 6. The highest BCUT2D eigenvalue weighted by atomic mass is 35.5. The molecule has 1 N–H and O–H groups in total. The van der Waals surface area contributed by atoms with E-state index in [1.54, 1.807) is 0 Å². The second-order valence-electron chi connectivity index (χ2n) is 4.10. The van der Waals surface area contributed by atoms with Crippen LogP contribution in [-0.2, 0) is 0 Å². The van der Waals surface area contributed by atoms with Crippen LogP contribution in [-0.4, -0.2) is 18.7 Å². The number of hydrogen-bond donors (Lipinski definition) is 1. The molecule has 0 aliphatic rings. The fraction of sp³-hybridized carbons (Fsp3) is 0.538. The van der Waals surface area contributed by atoms with Crippen LogP contribution < -0.4 is 10.1 Å². The predicted octanol–water partition coefficient (Wildman–Crippen LogP) is 3.50. The van der Waals surface area contributed by atoms with Gasteiger partial charge in [-0.3, -0.25) is 0 Å². The SMILES string of the molecule is CCC(C)NCC(C)Oc1ccc(Cl)cc1. The zero-order chi connectivity index (χ0) is 12.0. The Morgan fingerprint density at radius 3 is 2.44 bits per heavy atom. The average Bonchev–Trinajstić information content (AvgIpc) is 2.29. The summed E-state index contributed by atoms with van der Waals surface area (Å²) in [7, 11) is 0. The van der Waals surface area contributed by atoms with Gasteiger partial charge in [0, 0.05) is 17.6 Å². The van der Waals surface area contributed by atoms with Gasteiger partial charge in [-0.05, 0) is 44.5 Å². The molecule has 1 rings (SSSR count). The van der Waals surface area contributed by atoms with Crippen LogP contribution in [0.5, 0.6) is 5.75 Å². The van der Waals surface area contributed by atoms with Crippen molar-refractivity contribution in [1.29, 1.82) is 0 Å². The van der Waals surface area contributed by atoms with Crippen LogP contribution in [0.4, 0.5) is 0 Å². The molecule has 2 atom stereocenters. The first-order valence-electron chi connectivity index (χ1n) is 5.77. The maximum Gasteiger partial charge on any atom is 0.119 e. The summed E-state index contributed by atoms with van der Waals surface area (Å²) in [5.74, 6) is 0.864. The van der Waals surface area contributed by atoms with Crippen LogP contribution >= 0.6 is 11.6 Å². The van der Waals surface area contributed by atoms with Gasteiger partial charge in [0.1, 0.15) is 11.9 Å². The third kappa shape index (κ3) is 4.86. The molecule has 0 spiro atoms. The smallest absolute Gasteiger partial charge is 0.119 e. The molecule has 3 heteroatoms. The molecular weight excluding hydrogens is 222 g/mol. The highest BCUT2D eigenvalue weighted by Crippen LogP contribution is 2.16. The lowest BCUT2D eigenvalue weighted by molar-refractivity contribution is 0.212. The quantitative estimate of drug-likeness (QED) is 0.823.